The van der Waals surface area contributed by atoms with Crippen LogP contribution in [0.3, 0.4) is 0 Å². The topological polar surface area (TPSA) is 50.4 Å². The van der Waals surface area contributed by atoms with E-state index in [1.165, 1.54) is 0 Å². The molecular weight excluding hydrogens is 228 g/mol. The van der Waals surface area contributed by atoms with Gasteiger partial charge in [0.05, 0.1) is 7.11 Å². The zero-order valence-electron chi connectivity index (χ0n) is 10.9. The Hall–Kier alpha value is -1.97. The molecule has 98 valence electrons. The SMILES string of the molecule is CCCCNC(=O)N/C=C/c1cccc(OC)c1. The van der Waals surface area contributed by atoms with Crippen molar-refractivity contribution < 1.29 is 9.53 Å². The molecule has 2 N–H and O–H groups in total. The summed E-state index contributed by atoms with van der Waals surface area (Å²) < 4.78 is 5.11. The molecule has 1 aromatic carbocycles. The lowest BCUT2D eigenvalue weighted by Crippen LogP contribution is -2.32. The lowest BCUT2D eigenvalue weighted by molar-refractivity contribution is 0.244. The zero-order valence-corrected chi connectivity index (χ0v) is 10.9. The van der Waals surface area contributed by atoms with E-state index >= 15 is 0 Å². The molecule has 0 saturated heterocycles. The fourth-order valence-electron chi connectivity index (χ4n) is 1.39. The first-order chi connectivity index (χ1) is 8.76. The normalized spacial score (nSPS) is 10.3. The molecule has 4 heteroatoms. The van der Waals surface area contributed by atoms with Crippen molar-refractivity contribution in [3.63, 3.8) is 0 Å². The number of unbranched alkanes of at least 4 members (excludes halogenated alkanes) is 1. The maximum Gasteiger partial charge on any atom is 0.318 e. The van der Waals surface area contributed by atoms with Gasteiger partial charge in [0.15, 0.2) is 0 Å². The molecule has 1 aromatic rings. The van der Waals surface area contributed by atoms with Gasteiger partial charge in [-0.25, -0.2) is 4.79 Å². The first-order valence-corrected chi connectivity index (χ1v) is 6.11. The monoisotopic (exact) mass is 248 g/mol. The molecule has 0 heterocycles. The minimum absolute atomic E-state index is 0.178. The van der Waals surface area contributed by atoms with Gasteiger partial charge in [-0.1, -0.05) is 25.5 Å². The Morgan fingerprint density at radius 1 is 1.44 bits per heavy atom. The van der Waals surface area contributed by atoms with E-state index in [4.69, 9.17) is 4.74 Å². The molecule has 0 bridgehead atoms. The molecule has 0 atom stereocenters. The van der Waals surface area contributed by atoms with E-state index in [0.717, 1.165) is 24.2 Å². The van der Waals surface area contributed by atoms with Crippen LogP contribution >= 0.6 is 0 Å². The van der Waals surface area contributed by atoms with Crippen molar-refractivity contribution in [3.8, 4) is 5.75 Å². The minimum atomic E-state index is -0.178. The van der Waals surface area contributed by atoms with Crippen LogP contribution in [0.2, 0.25) is 0 Å². The van der Waals surface area contributed by atoms with Crippen LogP contribution in [0, 0.1) is 0 Å². The molecule has 0 aliphatic carbocycles. The number of hydrogen-bond donors (Lipinski definition) is 2. The maximum absolute atomic E-state index is 11.3. The molecule has 0 unspecified atom stereocenters. The van der Waals surface area contributed by atoms with E-state index in [1.807, 2.05) is 30.3 Å². The van der Waals surface area contributed by atoms with Crippen LogP contribution in [0.1, 0.15) is 25.3 Å². The van der Waals surface area contributed by atoms with Crippen molar-refractivity contribution in [1.82, 2.24) is 10.6 Å². The molecule has 2 amide bonds. The smallest absolute Gasteiger partial charge is 0.318 e. The summed E-state index contributed by atoms with van der Waals surface area (Å²) in [5, 5.41) is 5.42. The van der Waals surface area contributed by atoms with Crippen molar-refractivity contribution in [1.29, 1.82) is 0 Å². The van der Waals surface area contributed by atoms with Crippen LogP contribution in [0.5, 0.6) is 5.75 Å². The van der Waals surface area contributed by atoms with Gasteiger partial charge in [-0.2, -0.15) is 0 Å². The first kappa shape index (κ1) is 14.1. The van der Waals surface area contributed by atoms with Crippen LogP contribution in [-0.4, -0.2) is 19.7 Å². The number of ether oxygens (including phenoxy) is 1. The molecule has 18 heavy (non-hydrogen) atoms. The fraction of sp³-hybridized carbons (Fsp3) is 0.357. The Balaban J connectivity index is 2.37. The average molecular weight is 248 g/mol. The van der Waals surface area contributed by atoms with E-state index in [0.29, 0.717) is 6.54 Å². The maximum atomic E-state index is 11.3. The fourth-order valence-corrected chi connectivity index (χ4v) is 1.39. The second-order valence-corrected chi connectivity index (χ2v) is 3.86. The average Bonchev–Trinajstić information content (AvgIpc) is 2.39. The van der Waals surface area contributed by atoms with Crippen molar-refractivity contribution in [2.24, 2.45) is 0 Å². The van der Waals surface area contributed by atoms with Gasteiger partial charge in [-0.3, -0.25) is 0 Å². The molecule has 1 rings (SSSR count). The highest BCUT2D eigenvalue weighted by Gasteiger charge is 1.95. The highest BCUT2D eigenvalue weighted by atomic mass is 16.5. The molecule has 0 fully saturated rings. The Bertz CT molecular complexity index is 403. The third-order valence-corrected chi connectivity index (χ3v) is 2.40. The number of benzene rings is 1. The zero-order chi connectivity index (χ0) is 13.2. The number of nitrogens with one attached hydrogen (secondary N) is 2. The lowest BCUT2D eigenvalue weighted by atomic mass is 10.2. The number of carbonyl (C=O) groups excluding carboxylic acids is 1. The molecule has 4 nitrogen and oxygen atoms in total. The second-order valence-electron chi connectivity index (χ2n) is 3.86. The molecule has 0 radical (unpaired) electrons. The summed E-state index contributed by atoms with van der Waals surface area (Å²) in [6.07, 6.45) is 5.50. The highest BCUT2D eigenvalue weighted by molar-refractivity contribution is 5.75. The summed E-state index contributed by atoms with van der Waals surface area (Å²) in [5.74, 6) is 0.796. The Kier molecular flexibility index (Phi) is 6.40. The molecule has 0 saturated carbocycles. The Labute approximate surface area is 108 Å². The molecule has 0 spiro atoms. The van der Waals surface area contributed by atoms with Gasteiger partial charge >= 0.3 is 6.03 Å². The minimum Gasteiger partial charge on any atom is -0.497 e. The van der Waals surface area contributed by atoms with E-state index in [9.17, 15) is 4.79 Å². The Morgan fingerprint density at radius 3 is 3.00 bits per heavy atom. The lowest BCUT2D eigenvalue weighted by Gasteiger charge is -2.03. The number of amides is 2. The van der Waals surface area contributed by atoms with Gasteiger partial charge in [0.2, 0.25) is 0 Å². The van der Waals surface area contributed by atoms with Gasteiger partial charge < -0.3 is 15.4 Å². The van der Waals surface area contributed by atoms with E-state index in [2.05, 4.69) is 17.6 Å². The van der Waals surface area contributed by atoms with Crippen LogP contribution in [0.15, 0.2) is 30.5 Å². The van der Waals surface area contributed by atoms with Crippen LogP contribution < -0.4 is 15.4 Å². The summed E-state index contributed by atoms with van der Waals surface area (Å²) >= 11 is 0. The second kappa shape index (κ2) is 8.17. The van der Waals surface area contributed by atoms with Gasteiger partial charge in [0.1, 0.15) is 5.75 Å². The van der Waals surface area contributed by atoms with Crippen molar-refractivity contribution in [3.05, 3.63) is 36.0 Å². The van der Waals surface area contributed by atoms with Gasteiger partial charge in [-0.15, -0.1) is 0 Å². The number of methoxy groups -OCH3 is 1. The summed E-state index contributed by atoms with van der Waals surface area (Å²) in [6, 6.07) is 7.44. The van der Waals surface area contributed by atoms with E-state index in [-0.39, 0.29) is 6.03 Å². The third-order valence-electron chi connectivity index (χ3n) is 2.40. The van der Waals surface area contributed by atoms with Gasteiger partial charge in [0, 0.05) is 12.7 Å². The van der Waals surface area contributed by atoms with Crippen LogP contribution in [-0.2, 0) is 0 Å². The Morgan fingerprint density at radius 2 is 2.28 bits per heavy atom. The molecule has 0 aliphatic rings. The van der Waals surface area contributed by atoms with Gasteiger partial charge in [-0.05, 0) is 30.2 Å². The van der Waals surface area contributed by atoms with Crippen LogP contribution in [0.4, 0.5) is 4.79 Å². The quantitative estimate of drug-likeness (QED) is 0.760. The van der Waals surface area contributed by atoms with Gasteiger partial charge in [0.25, 0.3) is 0 Å². The molecule has 0 aromatic heterocycles. The summed E-state index contributed by atoms with van der Waals surface area (Å²) in [4.78, 5) is 11.3. The van der Waals surface area contributed by atoms with Crippen LogP contribution in [0.25, 0.3) is 6.08 Å². The van der Waals surface area contributed by atoms with Crippen molar-refractivity contribution >= 4 is 12.1 Å². The first-order valence-electron chi connectivity index (χ1n) is 6.11. The van der Waals surface area contributed by atoms with Crippen molar-refractivity contribution in [2.45, 2.75) is 19.8 Å². The van der Waals surface area contributed by atoms with E-state index < -0.39 is 0 Å². The molecule has 0 aliphatic heterocycles. The predicted molar refractivity (Wildman–Crippen MR) is 73.5 cm³/mol. The number of hydrogen-bond acceptors (Lipinski definition) is 2. The van der Waals surface area contributed by atoms with Crippen molar-refractivity contribution in [2.75, 3.05) is 13.7 Å². The number of carbonyl (C=O) groups is 1. The number of rotatable bonds is 6. The number of urea groups is 1. The van der Waals surface area contributed by atoms with E-state index in [1.54, 1.807) is 13.3 Å². The highest BCUT2D eigenvalue weighted by Crippen LogP contribution is 2.13. The standard InChI is InChI=1S/C14H20N2O2/c1-3-4-9-15-14(17)16-10-8-12-6-5-7-13(11-12)18-2/h5-8,10-11H,3-4,9H2,1-2H3,(H2,15,16,17)/b10-8+. The summed E-state index contributed by atoms with van der Waals surface area (Å²) in [7, 11) is 1.63. The largest absolute Gasteiger partial charge is 0.497 e. The summed E-state index contributed by atoms with van der Waals surface area (Å²) in [5.41, 5.74) is 0.975. The third kappa shape index (κ3) is 5.39. The predicted octanol–water partition coefficient (Wildman–Crippen LogP) is 2.77. The molecular formula is C14H20N2O2. The summed E-state index contributed by atoms with van der Waals surface area (Å²) in [6.45, 7) is 2.79.